The predicted molar refractivity (Wildman–Crippen MR) is 93.5 cm³/mol. The van der Waals surface area contributed by atoms with Crippen molar-refractivity contribution in [2.75, 3.05) is 6.26 Å². The third-order valence-electron chi connectivity index (χ3n) is 3.77. The Kier molecular flexibility index (Phi) is 3.78. The van der Waals surface area contributed by atoms with Crippen molar-refractivity contribution in [2.45, 2.75) is 11.8 Å². The number of aryl methyl sites for hydroxylation is 1. The highest BCUT2D eigenvalue weighted by Gasteiger charge is 2.12. The van der Waals surface area contributed by atoms with Crippen LogP contribution in [-0.4, -0.2) is 19.2 Å². The molecule has 23 heavy (non-hydrogen) atoms. The summed E-state index contributed by atoms with van der Waals surface area (Å²) in [7, 11) is -3.21. The van der Waals surface area contributed by atoms with E-state index in [9.17, 15) is 13.7 Å². The maximum Gasteiger partial charge on any atom is 0.175 e. The van der Waals surface area contributed by atoms with Gasteiger partial charge >= 0.3 is 0 Å². The molecule has 0 unspecified atom stereocenters. The molecule has 116 valence electrons. The van der Waals surface area contributed by atoms with Crippen LogP contribution in [-0.2, 0) is 9.84 Å². The number of nitriles is 1. The molecule has 0 N–H and O–H groups in total. The first kappa shape index (κ1) is 15.8. The van der Waals surface area contributed by atoms with Gasteiger partial charge in [0.25, 0.3) is 0 Å². The number of rotatable bonds is 2. The third kappa shape index (κ3) is 2.78. The summed E-state index contributed by atoms with van der Waals surface area (Å²) in [4.78, 5) is 0.291. The monoisotopic (exact) mass is 388 g/mol. The third-order valence-corrected chi connectivity index (χ3v) is 5.53. The lowest BCUT2D eigenvalue weighted by Crippen LogP contribution is -1.98. The fraction of sp³-hybridized carbons (Fsp3) is 0.118. The van der Waals surface area contributed by atoms with Crippen LogP contribution in [0.25, 0.3) is 16.6 Å². The Hall–Kier alpha value is -2.10. The minimum absolute atomic E-state index is 0.291. The van der Waals surface area contributed by atoms with Gasteiger partial charge in [-0.05, 0) is 64.8 Å². The van der Waals surface area contributed by atoms with Gasteiger partial charge in [-0.2, -0.15) is 5.26 Å². The number of hydrogen-bond acceptors (Lipinski definition) is 3. The highest BCUT2D eigenvalue weighted by atomic mass is 79.9. The quantitative estimate of drug-likeness (QED) is 0.666. The standard InChI is InChI=1S/C17H13BrN2O2S/c1-11-7-17-15(8-12(11)9-19)16(18)10-20(17)13-3-5-14(6-4-13)23(2,21)22/h3-8,10H,1-2H3. The zero-order valence-corrected chi connectivity index (χ0v) is 14.9. The first-order valence-corrected chi connectivity index (χ1v) is 9.51. The van der Waals surface area contributed by atoms with Crippen LogP contribution in [0.3, 0.4) is 0 Å². The summed E-state index contributed by atoms with van der Waals surface area (Å²) < 4.78 is 26.0. The van der Waals surface area contributed by atoms with E-state index in [1.807, 2.05) is 29.8 Å². The van der Waals surface area contributed by atoms with Gasteiger partial charge in [0.2, 0.25) is 0 Å². The molecular weight excluding hydrogens is 376 g/mol. The molecule has 0 fully saturated rings. The Morgan fingerprint density at radius 1 is 1.17 bits per heavy atom. The zero-order valence-electron chi connectivity index (χ0n) is 12.5. The average Bonchev–Trinajstić information content (AvgIpc) is 2.82. The van der Waals surface area contributed by atoms with Crippen LogP contribution in [0.15, 0.2) is 52.0 Å². The Morgan fingerprint density at radius 2 is 1.83 bits per heavy atom. The van der Waals surface area contributed by atoms with Crippen molar-refractivity contribution < 1.29 is 8.42 Å². The van der Waals surface area contributed by atoms with E-state index in [1.54, 1.807) is 24.3 Å². The first-order valence-electron chi connectivity index (χ1n) is 6.83. The zero-order chi connectivity index (χ0) is 16.8. The molecule has 0 saturated carbocycles. The summed E-state index contributed by atoms with van der Waals surface area (Å²) in [6.07, 6.45) is 3.11. The minimum Gasteiger partial charge on any atom is -0.315 e. The SMILES string of the molecule is Cc1cc2c(cc1C#N)c(Br)cn2-c1ccc(S(C)(=O)=O)cc1. The van der Waals surface area contributed by atoms with E-state index in [0.717, 1.165) is 26.6 Å². The number of hydrogen-bond donors (Lipinski definition) is 0. The first-order chi connectivity index (χ1) is 10.8. The molecular formula is C17H13BrN2O2S. The number of nitrogens with zero attached hydrogens (tertiary/aromatic N) is 2. The topological polar surface area (TPSA) is 62.9 Å². The molecule has 0 amide bonds. The van der Waals surface area contributed by atoms with Crippen molar-refractivity contribution in [3.63, 3.8) is 0 Å². The van der Waals surface area contributed by atoms with Crippen molar-refractivity contribution in [3.8, 4) is 11.8 Å². The van der Waals surface area contributed by atoms with Crippen LogP contribution >= 0.6 is 15.9 Å². The van der Waals surface area contributed by atoms with Crippen molar-refractivity contribution in [2.24, 2.45) is 0 Å². The normalized spacial score (nSPS) is 11.6. The fourth-order valence-electron chi connectivity index (χ4n) is 2.52. The van der Waals surface area contributed by atoms with Crippen LogP contribution in [0, 0.1) is 18.3 Å². The van der Waals surface area contributed by atoms with Crippen LogP contribution in [0.5, 0.6) is 0 Å². The fourth-order valence-corrected chi connectivity index (χ4v) is 3.68. The molecule has 0 aliphatic carbocycles. The Balaban J connectivity index is 2.21. The van der Waals surface area contributed by atoms with Gasteiger partial charge in [-0.3, -0.25) is 0 Å². The smallest absolute Gasteiger partial charge is 0.175 e. The minimum atomic E-state index is -3.21. The molecule has 1 aromatic heterocycles. The van der Waals surface area contributed by atoms with Crippen molar-refractivity contribution in [1.29, 1.82) is 5.26 Å². The highest BCUT2D eigenvalue weighted by molar-refractivity contribution is 9.10. The second-order valence-electron chi connectivity index (χ2n) is 5.41. The largest absolute Gasteiger partial charge is 0.315 e. The van der Waals surface area contributed by atoms with Gasteiger partial charge in [0, 0.05) is 28.0 Å². The van der Waals surface area contributed by atoms with Crippen molar-refractivity contribution in [1.82, 2.24) is 4.57 Å². The average molecular weight is 389 g/mol. The number of sulfone groups is 1. The van der Waals surface area contributed by atoms with Crippen molar-refractivity contribution in [3.05, 3.63) is 58.2 Å². The summed E-state index contributed by atoms with van der Waals surface area (Å²) in [6, 6.07) is 12.8. The maximum atomic E-state index is 11.6. The van der Waals surface area contributed by atoms with E-state index >= 15 is 0 Å². The van der Waals surface area contributed by atoms with E-state index in [4.69, 9.17) is 0 Å². The van der Waals surface area contributed by atoms with Gasteiger partial charge in [-0.15, -0.1) is 0 Å². The molecule has 1 heterocycles. The second kappa shape index (κ2) is 5.52. The Morgan fingerprint density at radius 3 is 2.39 bits per heavy atom. The van der Waals surface area contributed by atoms with Crippen molar-refractivity contribution >= 4 is 36.7 Å². The summed E-state index contributed by atoms with van der Waals surface area (Å²) >= 11 is 3.52. The van der Waals surface area contributed by atoms with Crippen LogP contribution < -0.4 is 0 Å². The van der Waals surface area contributed by atoms with Gasteiger partial charge in [0.05, 0.1) is 22.0 Å². The highest BCUT2D eigenvalue weighted by Crippen LogP contribution is 2.31. The summed E-state index contributed by atoms with van der Waals surface area (Å²) in [5, 5.41) is 10.1. The molecule has 0 spiro atoms. The molecule has 0 bridgehead atoms. The summed E-state index contributed by atoms with van der Waals surface area (Å²) in [6.45, 7) is 1.90. The van der Waals surface area contributed by atoms with Gasteiger partial charge in [0.1, 0.15) is 0 Å². The number of benzene rings is 2. The van der Waals surface area contributed by atoms with Crippen LogP contribution in [0.2, 0.25) is 0 Å². The summed E-state index contributed by atoms with van der Waals surface area (Å²) in [5.74, 6) is 0. The summed E-state index contributed by atoms with van der Waals surface area (Å²) in [5.41, 5.74) is 3.36. The Bertz CT molecular complexity index is 1060. The molecule has 4 nitrogen and oxygen atoms in total. The van der Waals surface area contributed by atoms with Gasteiger partial charge in [0.15, 0.2) is 9.84 Å². The van der Waals surface area contributed by atoms with E-state index in [2.05, 4.69) is 22.0 Å². The van der Waals surface area contributed by atoms with Crippen LogP contribution in [0.1, 0.15) is 11.1 Å². The molecule has 0 aliphatic rings. The lowest BCUT2D eigenvalue weighted by Gasteiger charge is -2.07. The number of fused-ring (bicyclic) bond motifs is 1. The van der Waals surface area contributed by atoms with E-state index < -0.39 is 9.84 Å². The van der Waals surface area contributed by atoms with Gasteiger partial charge in [-0.25, -0.2) is 8.42 Å². The molecule has 0 atom stereocenters. The maximum absolute atomic E-state index is 11.6. The molecule has 6 heteroatoms. The molecule has 0 radical (unpaired) electrons. The van der Waals surface area contributed by atoms with E-state index in [-0.39, 0.29) is 0 Å². The lowest BCUT2D eigenvalue weighted by molar-refractivity contribution is 0.602. The molecule has 0 aliphatic heterocycles. The second-order valence-corrected chi connectivity index (χ2v) is 8.28. The Labute approximate surface area is 143 Å². The van der Waals surface area contributed by atoms with E-state index in [0.29, 0.717) is 10.5 Å². The van der Waals surface area contributed by atoms with E-state index in [1.165, 1.54) is 6.26 Å². The van der Waals surface area contributed by atoms with Gasteiger partial charge < -0.3 is 4.57 Å². The predicted octanol–water partition coefficient (Wildman–Crippen LogP) is 3.98. The van der Waals surface area contributed by atoms with Crippen LogP contribution in [0.4, 0.5) is 0 Å². The molecule has 2 aromatic carbocycles. The van der Waals surface area contributed by atoms with Gasteiger partial charge in [-0.1, -0.05) is 0 Å². The molecule has 3 rings (SSSR count). The number of halogens is 1. The number of aromatic nitrogens is 1. The molecule has 3 aromatic rings. The lowest BCUT2D eigenvalue weighted by atomic mass is 10.1. The molecule has 0 saturated heterocycles.